The largest absolute Gasteiger partial charge is 0.460 e. The van der Waals surface area contributed by atoms with Gasteiger partial charge < -0.3 is 9.15 Å². The summed E-state index contributed by atoms with van der Waals surface area (Å²) in [6.07, 6.45) is 2.82. The fourth-order valence-electron chi connectivity index (χ4n) is 1.75. The van der Waals surface area contributed by atoms with Gasteiger partial charge in [-0.1, -0.05) is 35.4 Å². The second kappa shape index (κ2) is 7.03. The Bertz CT molecular complexity index is 781. The number of H-pyrrole nitrogens is 1. The van der Waals surface area contributed by atoms with E-state index in [1.54, 1.807) is 12.1 Å². The molecule has 0 saturated carbocycles. The molecule has 0 aliphatic rings. The third-order valence-electron chi connectivity index (χ3n) is 2.81. The van der Waals surface area contributed by atoms with E-state index >= 15 is 0 Å². The Morgan fingerprint density at radius 3 is 2.91 bits per heavy atom. The summed E-state index contributed by atoms with van der Waals surface area (Å²) in [5.41, 5.74) is 1.04. The smallest absolute Gasteiger partial charge is 0.285 e. The SMILES string of the molecule is O=C(C=Cc1ccc(OCc2ccccc2)o1)Nc1nn[nH]n1. The Hall–Kier alpha value is -3.42. The quantitative estimate of drug-likeness (QED) is 0.675. The number of hydrogen-bond donors (Lipinski definition) is 2. The number of nitrogens with zero attached hydrogens (tertiary/aromatic N) is 3. The normalized spacial score (nSPS) is 10.8. The zero-order chi connectivity index (χ0) is 15.9. The molecule has 2 N–H and O–H groups in total. The number of furan rings is 1. The summed E-state index contributed by atoms with van der Waals surface area (Å²) in [6, 6.07) is 13.2. The van der Waals surface area contributed by atoms with Gasteiger partial charge in [-0.05, 0) is 22.9 Å². The molecule has 0 aliphatic carbocycles. The van der Waals surface area contributed by atoms with Crippen LogP contribution < -0.4 is 10.1 Å². The number of aromatic nitrogens is 4. The number of hydrogen-bond acceptors (Lipinski definition) is 6. The number of aromatic amines is 1. The number of tetrazole rings is 1. The molecule has 0 spiro atoms. The third kappa shape index (κ3) is 4.27. The lowest BCUT2D eigenvalue weighted by molar-refractivity contribution is -0.111. The van der Waals surface area contributed by atoms with Crippen LogP contribution in [0.25, 0.3) is 6.08 Å². The lowest BCUT2D eigenvalue weighted by Gasteiger charge is -2.01. The summed E-state index contributed by atoms with van der Waals surface area (Å²) in [7, 11) is 0. The van der Waals surface area contributed by atoms with Crippen LogP contribution in [-0.4, -0.2) is 26.5 Å². The minimum Gasteiger partial charge on any atom is -0.460 e. The zero-order valence-corrected chi connectivity index (χ0v) is 12.0. The van der Waals surface area contributed by atoms with E-state index in [1.165, 1.54) is 12.2 Å². The standard InChI is InChI=1S/C15H13N5O3/c21-13(16-15-17-19-20-18-15)8-6-12-7-9-14(23-12)22-10-11-4-2-1-3-5-11/h1-9H,10H2,(H2,16,17,18,19,20,21). The van der Waals surface area contributed by atoms with Gasteiger partial charge in [0, 0.05) is 12.1 Å². The number of amides is 1. The highest BCUT2D eigenvalue weighted by molar-refractivity contribution is 6.00. The molecule has 0 unspecified atom stereocenters. The van der Waals surface area contributed by atoms with Crippen molar-refractivity contribution in [3.05, 3.63) is 59.9 Å². The van der Waals surface area contributed by atoms with Crippen molar-refractivity contribution < 1.29 is 13.9 Å². The number of ether oxygens (including phenoxy) is 1. The lowest BCUT2D eigenvalue weighted by Crippen LogP contribution is -2.08. The average molecular weight is 311 g/mol. The van der Waals surface area contributed by atoms with Crippen LogP contribution in [0.15, 0.2) is 53.0 Å². The molecule has 0 saturated heterocycles. The molecule has 0 radical (unpaired) electrons. The summed E-state index contributed by atoms with van der Waals surface area (Å²) >= 11 is 0. The van der Waals surface area contributed by atoms with E-state index in [2.05, 4.69) is 25.9 Å². The van der Waals surface area contributed by atoms with Crippen LogP contribution in [0.4, 0.5) is 5.95 Å². The van der Waals surface area contributed by atoms with Crippen LogP contribution in [0.2, 0.25) is 0 Å². The van der Waals surface area contributed by atoms with Crippen LogP contribution in [0.3, 0.4) is 0 Å². The average Bonchev–Trinajstić information content (AvgIpc) is 3.24. The van der Waals surface area contributed by atoms with Gasteiger partial charge in [-0.2, -0.15) is 5.21 Å². The minimum absolute atomic E-state index is 0.103. The topological polar surface area (TPSA) is 106 Å². The maximum Gasteiger partial charge on any atom is 0.285 e. The number of rotatable bonds is 6. The molecule has 3 aromatic rings. The van der Waals surface area contributed by atoms with Gasteiger partial charge in [0.2, 0.25) is 0 Å². The summed E-state index contributed by atoms with van der Waals surface area (Å²) in [4.78, 5) is 11.6. The monoisotopic (exact) mass is 311 g/mol. The highest BCUT2D eigenvalue weighted by Gasteiger charge is 2.04. The number of carbonyl (C=O) groups excluding carboxylic acids is 1. The van der Waals surface area contributed by atoms with Crippen molar-refractivity contribution in [3.8, 4) is 5.95 Å². The van der Waals surface area contributed by atoms with Crippen LogP contribution in [0.1, 0.15) is 11.3 Å². The van der Waals surface area contributed by atoms with Crippen molar-refractivity contribution in [1.82, 2.24) is 20.6 Å². The molecule has 1 amide bonds. The molecule has 8 heteroatoms. The first kappa shape index (κ1) is 14.5. The molecule has 0 aliphatic heterocycles. The van der Waals surface area contributed by atoms with Gasteiger partial charge in [-0.15, -0.1) is 5.10 Å². The molecule has 3 rings (SSSR count). The Morgan fingerprint density at radius 1 is 1.26 bits per heavy atom. The van der Waals surface area contributed by atoms with Gasteiger partial charge in [0.05, 0.1) is 0 Å². The number of anilines is 1. The van der Waals surface area contributed by atoms with Crippen LogP contribution in [0, 0.1) is 0 Å². The molecule has 0 atom stereocenters. The van der Waals surface area contributed by atoms with Crippen molar-refractivity contribution in [2.45, 2.75) is 6.61 Å². The number of nitrogens with one attached hydrogen (secondary N) is 2. The fraction of sp³-hybridized carbons (Fsp3) is 0.0667. The molecule has 8 nitrogen and oxygen atoms in total. The highest BCUT2D eigenvalue weighted by Crippen LogP contribution is 2.18. The van der Waals surface area contributed by atoms with Gasteiger partial charge in [0.25, 0.3) is 17.8 Å². The summed E-state index contributed by atoms with van der Waals surface area (Å²) in [5, 5.41) is 15.2. The van der Waals surface area contributed by atoms with E-state index in [0.717, 1.165) is 5.56 Å². The van der Waals surface area contributed by atoms with Crippen molar-refractivity contribution in [1.29, 1.82) is 0 Å². The highest BCUT2D eigenvalue weighted by atomic mass is 16.6. The molecule has 1 aromatic carbocycles. The Balaban J connectivity index is 1.52. The minimum atomic E-state index is -0.394. The van der Waals surface area contributed by atoms with E-state index in [9.17, 15) is 4.79 Å². The van der Waals surface area contributed by atoms with Crippen LogP contribution >= 0.6 is 0 Å². The summed E-state index contributed by atoms with van der Waals surface area (Å²) in [6.45, 7) is 0.413. The fourth-order valence-corrected chi connectivity index (χ4v) is 1.75. The van der Waals surface area contributed by atoms with Crippen LogP contribution in [0.5, 0.6) is 5.95 Å². The van der Waals surface area contributed by atoms with Gasteiger partial charge in [-0.3, -0.25) is 10.1 Å². The van der Waals surface area contributed by atoms with Crippen LogP contribution in [-0.2, 0) is 11.4 Å². The molecule has 0 bridgehead atoms. The molecule has 116 valence electrons. The Kier molecular flexibility index (Phi) is 4.44. The van der Waals surface area contributed by atoms with E-state index < -0.39 is 5.91 Å². The molecular formula is C15H13N5O3. The predicted molar refractivity (Wildman–Crippen MR) is 81.3 cm³/mol. The molecule has 0 fully saturated rings. The molecule has 23 heavy (non-hydrogen) atoms. The van der Waals surface area contributed by atoms with E-state index in [4.69, 9.17) is 9.15 Å². The van der Waals surface area contributed by atoms with Crippen molar-refractivity contribution >= 4 is 17.9 Å². The maximum absolute atomic E-state index is 11.6. The van der Waals surface area contributed by atoms with Crippen molar-refractivity contribution in [2.24, 2.45) is 0 Å². The first-order valence-corrected chi connectivity index (χ1v) is 6.79. The second-order valence-electron chi connectivity index (χ2n) is 4.49. The number of benzene rings is 1. The van der Waals surface area contributed by atoms with E-state index in [1.807, 2.05) is 30.3 Å². The number of carbonyl (C=O) groups is 1. The zero-order valence-electron chi connectivity index (χ0n) is 12.0. The van der Waals surface area contributed by atoms with Gasteiger partial charge >= 0.3 is 0 Å². The first-order chi connectivity index (χ1) is 11.3. The summed E-state index contributed by atoms with van der Waals surface area (Å²) in [5.74, 6) is 0.587. The van der Waals surface area contributed by atoms with Crippen molar-refractivity contribution in [3.63, 3.8) is 0 Å². The Morgan fingerprint density at radius 2 is 2.13 bits per heavy atom. The first-order valence-electron chi connectivity index (χ1n) is 6.79. The van der Waals surface area contributed by atoms with E-state index in [-0.39, 0.29) is 5.95 Å². The molecule has 2 heterocycles. The van der Waals surface area contributed by atoms with Gasteiger partial charge in [0.1, 0.15) is 12.4 Å². The molecule has 2 aromatic heterocycles. The predicted octanol–water partition coefficient (Wildman–Crippen LogP) is 2.02. The van der Waals surface area contributed by atoms with Gasteiger partial charge in [0.15, 0.2) is 0 Å². The van der Waals surface area contributed by atoms with Crippen molar-refractivity contribution in [2.75, 3.05) is 5.32 Å². The summed E-state index contributed by atoms with van der Waals surface area (Å²) < 4.78 is 11.0. The lowest BCUT2D eigenvalue weighted by atomic mass is 10.2. The Labute approximate surface area is 131 Å². The second-order valence-corrected chi connectivity index (χ2v) is 4.49. The third-order valence-corrected chi connectivity index (χ3v) is 2.81. The van der Waals surface area contributed by atoms with Gasteiger partial charge in [-0.25, -0.2) is 0 Å². The molecular weight excluding hydrogens is 298 g/mol. The maximum atomic E-state index is 11.6. The van der Waals surface area contributed by atoms with E-state index in [0.29, 0.717) is 18.3 Å².